The van der Waals surface area contributed by atoms with Gasteiger partial charge in [-0.05, 0) is 88.4 Å². The number of carboxylic acids is 1. The summed E-state index contributed by atoms with van der Waals surface area (Å²) in [6, 6.07) is 13.1. The van der Waals surface area contributed by atoms with Crippen LogP contribution in [0.4, 0.5) is 5.82 Å². The zero-order chi connectivity index (χ0) is 32.9. The first-order chi connectivity index (χ1) is 22.6. The molecule has 10 nitrogen and oxygen atoms in total. The van der Waals surface area contributed by atoms with Crippen molar-refractivity contribution in [2.75, 3.05) is 50.9 Å². The number of carboxylic acid groups (broad SMARTS) is 1. The normalized spacial score (nSPS) is 18.4. The van der Waals surface area contributed by atoms with Crippen molar-refractivity contribution in [3.05, 3.63) is 59.4 Å². The predicted molar refractivity (Wildman–Crippen MR) is 182 cm³/mol. The summed E-state index contributed by atoms with van der Waals surface area (Å²) in [4.78, 5) is 27.6. The first kappa shape index (κ1) is 31.6. The predicted octanol–water partition coefficient (Wildman–Crippen LogP) is 5.79. The van der Waals surface area contributed by atoms with Gasteiger partial charge in [-0.25, -0.2) is 14.8 Å². The first-order valence-corrected chi connectivity index (χ1v) is 16.8. The van der Waals surface area contributed by atoms with Crippen molar-refractivity contribution >= 4 is 22.8 Å². The highest BCUT2D eigenvalue weighted by atomic mass is 16.5. The second kappa shape index (κ2) is 12.6. The molecule has 0 spiro atoms. The third-order valence-corrected chi connectivity index (χ3v) is 9.59. The number of aliphatic carboxylic acids is 1. The highest BCUT2D eigenvalue weighted by Crippen LogP contribution is 2.43. The monoisotopic (exact) mass is 639 g/mol. The SMILES string of the molecule is Cc1nc2c(cc(-c3ccnc(N4CCCN(C5COC5)CC4)c3)n2C)c(-c2ccc3c(c2)CCCO3)c1[C@H](OC(C)(C)C)C(=O)O. The van der Waals surface area contributed by atoms with E-state index < -0.39 is 17.7 Å². The minimum absolute atomic E-state index is 0.539. The lowest BCUT2D eigenvalue weighted by Gasteiger charge is -2.36. The van der Waals surface area contributed by atoms with Crippen molar-refractivity contribution in [1.29, 1.82) is 0 Å². The fraction of sp³-hybridized carbons (Fsp3) is 0.486. The Hall–Kier alpha value is -3.99. The van der Waals surface area contributed by atoms with Gasteiger partial charge in [-0.2, -0.15) is 0 Å². The highest BCUT2D eigenvalue weighted by Gasteiger charge is 2.34. The van der Waals surface area contributed by atoms with Crippen LogP contribution in [0, 0.1) is 6.92 Å². The van der Waals surface area contributed by atoms with Crippen molar-refractivity contribution < 1.29 is 24.1 Å². The maximum atomic E-state index is 12.9. The highest BCUT2D eigenvalue weighted by molar-refractivity contribution is 6.00. The van der Waals surface area contributed by atoms with Gasteiger partial charge < -0.3 is 28.8 Å². The maximum Gasteiger partial charge on any atom is 0.337 e. The lowest BCUT2D eigenvalue weighted by Crippen LogP contribution is -2.50. The van der Waals surface area contributed by atoms with Crippen LogP contribution in [0.25, 0.3) is 33.4 Å². The zero-order valence-corrected chi connectivity index (χ0v) is 28.1. The molecule has 2 fully saturated rings. The molecule has 0 radical (unpaired) electrons. The number of nitrogens with zero attached hydrogens (tertiary/aromatic N) is 5. The van der Waals surface area contributed by atoms with Crippen LogP contribution in [-0.2, 0) is 27.7 Å². The summed E-state index contributed by atoms with van der Waals surface area (Å²) >= 11 is 0. The molecule has 0 bridgehead atoms. The second-order valence-corrected chi connectivity index (χ2v) is 14.0. The summed E-state index contributed by atoms with van der Waals surface area (Å²) in [7, 11) is 2.03. The number of rotatable bonds is 7. The number of hydrogen-bond donors (Lipinski definition) is 1. The van der Waals surface area contributed by atoms with Gasteiger partial charge in [0.2, 0.25) is 0 Å². The Labute approximate surface area is 276 Å². The van der Waals surface area contributed by atoms with Crippen molar-refractivity contribution in [3.63, 3.8) is 0 Å². The quantitative estimate of drug-likeness (QED) is 0.269. The number of anilines is 1. The molecule has 1 N–H and O–H groups in total. The van der Waals surface area contributed by atoms with E-state index in [9.17, 15) is 9.90 Å². The molecule has 0 unspecified atom stereocenters. The molecule has 3 aliphatic heterocycles. The lowest BCUT2D eigenvalue weighted by molar-refractivity contribution is -0.160. The van der Waals surface area contributed by atoms with Crippen LogP contribution in [0.1, 0.15) is 56.5 Å². The van der Waals surface area contributed by atoms with Gasteiger partial charge in [-0.3, -0.25) is 4.90 Å². The van der Waals surface area contributed by atoms with Crippen molar-refractivity contribution in [2.45, 2.75) is 64.7 Å². The summed E-state index contributed by atoms with van der Waals surface area (Å²) < 4.78 is 19.7. The Morgan fingerprint density at radius 1 is 1.04 bits per heavy atom. The molecular weight excluding hydrogens is 594 g/mol. The van der Waals surface area contributed by atoms with Crippen molar-refractivity contribution in [1.82, 2.24) is 19.4 Å². The second-order valence-electron chi connectivity index (χ2n) is 14.0. The molecule has 0 aliphatic carbocycles. The van der Waals surface area contributed by atoms with Crippen molar-refractivity contribution in [2.24, 2.45) is 7.05 Å². The van der Waals surface area contributed by atoms with Crippen LogP contribution < -0.4 is 9.64 Å². The smallest absolute Gasteiger partial charge is 0.337 e. The van der Waals surface area contributed by atoms with Gasteiger partial charge in [0.25, 0.3) is 0 Å². The number of aromatic nitrogens is 3. The van der Waals surface area contributed by atoms with Crippen LogP contribution in [-0.4, -0.2) is 88.2 Å². The van der Waals surface area contributed by atoms with Gasteiger partial charge in [0.1, 0.15) is 17.2 Å². The van der Waals surface area contributed by atoms with E-state index in [0.717, 1.165) is 109 Å². The average Bonchev–Trinajstić information content (AvgIpc) is 3.17. The molecule has 248 valence electrons. The number of ether oxygens (including phenoxy) is 3. The van der Waals surface area contributed by atoms with E-state index in [2.05, 4.69) is 32.6 Å². The van der Waals surface area contributed by atoms with Gasteiger partial charge in [0.05, 0.1) is 37.2 Å². The minimum Gasteiger partial charge on any atom is -0.493 e. The molecule has 1 aromatic carbocycles. The summed E-state index contributed by atoms with van der Waals surface area (Å²) in [5, 5.41) is 11.4. The largest absolute Gasteiger partial charge is 0.493 e. The Kier molecular flexibility index (Phi) is 8.44. The lowest BCUT2D eigenvalue weighted by atomic mass is 9.90. The van der Waals surface area contributed by atoms with Gasteiger partial charge in [0.15, 0.2) is 6.10 Å². The third kappa shape index (κ3) is 6.22. The van der Waals surface area contributed by atoms with Crippen LogP contribution >= 0.6 is 0 Å². The average molecular weight is 640 g/mol. The Morgan fingerprint density at radius 2 is 1.87 bits per heavy atom. The molecule has 3 aromatic heterocycles. The van der Waals surface area contributed by atoms with Gasteiger partial charge in [-0.1, -0.05) is 6.07 Å². The number of carbonyl (C=O) groups is 1. The zero-order valence-electron chi connectivity index (χ0n) is 28.1. The number of pyridine rings is 2. The number of hydrogen-bond acceptors (Lipinski definition) is 8. The number of benzene rings is 1. The molecule has 3 aliphatic rings. The Morgan fingerprint density at radius 3 is 2.62 bits per heavy atom. The Bertz CT molecular complexity index is 1810. The summed E-state index contributed by atoms with van der Waals surface area (Å²) in [6.07, 6.45) is 3.63. The third-order valence-electron chi connectivity index (χ3n) is 9.59. The standard InChI is InChI=1S/C37H45N5O5/c1-23-32(34(36(43)44)47-37(2,3)4)33(26-9-10-30-25(18-26)8-6-17-46-30)28-20-29(40(5)35(28)39-23)24-11-12-38-31(19-24)42-14-7-13-41(15-16-42)27-21-45-22-27/h9-12,18-20,27,34H,6-8,13-17,21-22H2,1-5H3,(H,43,44)/t34-/m0/s1. The minimum atomic E-state index is -1.19. The summed E-state index contributed by atoms with van der Waals surface area (Å²) in [5.74, 6) is 0.811. The molecule has 6 heterocycles. The van der Waals surface area contributed by atoms with E-state index in [1.54, 1.807) is 0 Å². The maximum absolute atomic E-state index is 12.9. The van der Waals surface area contributed by atoms with E-state index in [-0.39, 0.29) is 0 Å². The molecule has 7 rings (SSSR count). The molecule has 2 saturated heterocycles. The fourth-order valence-corrected chi connectivity index (χ4v) is 7.18. The van der Waals surface area contributed by atoms with Crippen LogP contribution in [0.2, 0.25) is 0 Å². The van der Waals surface area contributed by atoms with E-state index in [1.807, 2.05) is 59.1 Å². The number of aryl methyl sites for hydroxylation is 3. The topological polar surface area (TPSA) is 102 Å². The van der Waals surface area contributed by atoms with Gasteiger partial charge in [-0.15, -0.1) is 0 Å². The molecule has 47 heavy (non-hydrogen) atoms. The first-order valence-electron chi connectivity index (χ1n) is 16.8. The molecular formula is C37H45N5O5. The van der Waals surface area contributed by atoms with E-state index in [4.69, 9.17) is 24.2 Å². The fourth-order valence-electron chi connectivity index (χ4n) is 7.18. The molecule has 0 saturated carbocycles. The summed E-state index contributed by atoms with van der Waals surface area (Å²) in [5.41, 5.74) is 6.23. The van der Waals surface area contributed by atoms with Crippen LogP contribution in [0.5, 0.6) is 5.75 Å². The molecule has 10 heteroatoms. The van der Waals surface area contributed by atoms with Gasteiger partial charge >= 0.3 is 5.97 Å². The summed E-state index contributed by atoms with van der Waals surface area (Å²) in [6.45, 7) is 13.9. The van der Waals surface area contributed by atoms with Crippen molar-refractivity contribution in [3.8, 4) is 28.1 Å². The van der Waals surface area contributed by atoms with Crippen LogP contribution in [0.15, 0.2) is 42.6 Å². The number of fused-ring (bicyclic) bond motifs is 2. The molecule has 1 atom stereocenters. The van der Waals surface area contributed by atoms with Gasteiger partial charge in [0, 0.05) is 67.2 Å². The van der Waals surface area contributed by atoms with Crippen LogP contribution in [0.3, 0.4) is 0 Å². The molecule has 4 aromatic rings. The van der Waals surface area contributed by atoms with E-state index in [1.165, 1.54) is 0 Å². The van der Waals surface area contributed by atoms with E-state index >= 15 is 0 Å². The Balaban J connectivity index is 1.34. The molecule has 0 amide bonds. The van der Waals surface area contributed by atoms with E-state index in [0.29, 0.717) is 23.9 Å².